The van der Waals surface area contributed by atoms with Gasteiger partial charge in [0.2, 0.25) is 0 Å². The molecule has 0 aromatic heterocycles. The minimum absolute atomic E-state index is 0.337. The average Bonchev–Trinajstić information content (AvgIpc) is 2.16. The van der Waals surface area contributed by atoms with Gasteiger partial charge in [0, 0.05) is 0 Å². The summed E-state index contributed by atoms with van der Waals surface area (Å²) in [4.78, 5) is 0. The Bertz CT molecular complexity index is 463. The second-order valence-electron chi connectivity index (χ2n) is 3.75. The SMILES string of the molecule is C[Si](C)c1ccc2cc(O)ccc2c1. The predicted molar refractivity (Wildman–Crippen MR) is 62.7 cm³/mol. The highest BCUT2D eigenvalue weighted by molar-refractivity contribution is 6.70. The minimum Gasteiger partial charge on any atom is -0.508 e. The van der Waals surface area contributed by atoms with Crippen molar-refractivity contribution >= 4 is 24.8 Å². The molecule has 0 atom stereocenters. The summed E-state index contributed by atoms with van der Waals surface area (Å²) in [5, 5.41) is 13.1. The van der Waals surface area contributed by atoms with E-state index in [9.17, 15) is 5.11 Å². The first-order valence-corrected chi connectivity index (χ1v) is 7.20. The molecule has 0 amide bonds. The molecule has 1 radical (unpaired) electrons. The molecular weight excluding hydrogens is 188 g/mol. The smallest absolute Gasteiger partial charge is 0.116 e. The number of rotatable bonds is 1. The van der Waals surface area contributed by atoms with E-state index in [2.05, 4.69) is 31.3 Å². The van der Waals surface area contributed by atoms with Crippen LogP contribution in [0.4, 0.5) is 0 Å². The highest BCUT2D eigenvalue weighted by Gasteiger charge is 2.02. The lowest BCUT2D eigenvalue weighted by Gasteiger charge is -2.05. The van der Waals surface area contributed by atoms with Gasteiger partial charge >= 0.3 is 0 Å². The van der Waals surface area contributed by atoms with E-state index in [1.165, 1.54) is 10.6 Å². The van der Waals surface area contributed by atoms with Crippen molar-refractivity contribution in [2.45, 2.75) is 13.1 Å². The normalized spacial score (nSPS) is 11.1. The van der Waals surface area contributed by atoms with Crippen LogP contribution in [0.5, 0.6) is 5.75 Å². The van der Waals surface area contributed by atoms with E-state index in [-0.39, 0.29) is 8.80 Å². The number of hydrogen-bond acceptors (Lipinski definition) is 1. The molecule has 0 spiro atoms. The quantitative estimate of drug-likeness (QED) is 0.703. The second-order valence-corrected chi connectivity index (χ2v) is 6.32. The average molecular weight is 201 g/mol. The number of benzene rings is 2. The van der Waals surface area contributed by atoms with Gasteiger partial charge in [-0.2, -0.15) is 0 Å². The van der Waals surface area contributed by atoms with Gasteiger partial charge in [-0.15, -0.1) is 0 Å². The van der Waals surface area contributed by atoms with Crippen LogP contribution in [0.1, 0.15) is 0 Å². The molecule has 71 valence electrons. The lowest BCUT2D eigenvalue weighted by atomic mass is 10.1. The molecule has 1 nitrogen and oxygen atoms in total. The van der Waals surface area contributed by atoms with E-state index in [1.54, 1.807) is 12.1 Å². The highest BCUT2D eigenvalue weighted by Crippen LogP contribution is 2.18. The van der Waals surface area contributed by atoms with Gasteiger partial charge in [0.05, 0.1) is 8.80 Å². The first-order chi connectivity index (χ1) is 6.66. The first-order valence-electron chi connectivity index (χ1n) is 4.70. The van der Waals surface area contributed by atoms with Crippen molar-refractivity contribution < 1.29 is 5.11 Å². The van der Waals surface area contributed by atoms with Crippen molar-refractivity contribution in [1.82, 2.24) is 0 Å². The van der Waals surface area contributed by atoms with Crippen molar-refractivity contribution in [2.75, 3.05) is 0 Å². The summed E-state index contributed by atoms with van der Waals surface area (Å²) in [6, 6.07) is 12.0. The molecule has 0 aliphatic heterocycles. The minimum atomic E-state index is -0.375. The fraction of sp³-hybridized carbons (Fsp3) is 0.167. The van der Waals surface area contributed by atoms with E-state index in [0.29, 0.717) is 5.75 Å². The van der Waals surface area contributed by atoms with Crippen LogP contribution in [-0.2, 0) is 0 Å². The third kappa shape index (κ3) is 1.66. The van der Waals surface area contributed by atoms with E-state index in [0.717, 1.165) is 5.39 Å². The Balaban J connectivity index is 2.62. The third-order valence-electron chi connectivity index (χ3n) is 2.40. The molecule has 2 heteroatoms. The summed E-state index contributed by atoms with van der Waals surface area (Å²) in [6.45, 7) is 4.57. The monoisotopic (exact) mass is 201 g/mol. The second kappa shape index (κ2) is 3.46. The maximum absolute atomic E-state index is 9.32. The van der Waals surface area contributed by atoms with Gasteiger partial charge in [-0.05, 0) is 22.9 Å². The molecule has 0 unspecified atom stereocenters. The molecular formula is C12H13OSi. The molecule has 0 bridgehead atoms. The van der Waals surface area contributed by atoms with Crippen LogP contribution in [-0.4, -0.2) is 13.9 Å². The Kier molecular flexibility index (Phi) is 2.29. The molecule has 0 saturated heterocycles. The zero-order valence-corrected chi connectivity index (χ0v) is 9.41. The van der Waals surface area contributed by atoms with Crippen molar-refractivity contribution in [3.8, 4) is 5.75 Å². The highest BCUT2D eigenvalue weighted by atomic mass is 28.3. The van der Waals surface area contributed by atoms with Gasteiger partial charge < -0.3 is 5.11 Å². The molecule has 1 N–H and O–H groups in total. The topological polar surface area (TPSA) is 20.2 Å². The Labute approximate surface area is 85.6 Å². The Hall–Kier alpha value is -1.28. The van der Waals surface area contributed by atoms with E-state index in [1.807, 2.05) is 6.07 Å². The fourth-order valence-corrected chi connectivity index (χ4v) is 2.40. The lowest BCUT2D eigenvalue weighted by Crippen LogP contribution is -2.21. The van der Waals surface area contributed by atoms with E-state index in [4.69, 9.17) is 0 Å². The maximum atomic E-state index is 9.32. The fourth-order valence-electron chi connectivity index (χ4n) is 1.54. The maximum Gasteiger partial charge on any atom is 0.116 e. The number of fused-ring (bicyclic) bond motifs is 1. The summed E-state index contributed by atoms with van der Waals surface area (Å²) in [7, 11) is -0.375. The number of phenols is 1. The zero-order valence-electron chi connectivity index (χ0n) is 8.41. The molecule has 2 aromatic rings. The molecule has 2 aromatic carbocycles. The van der Waals surface area contributed by atoms with Gasteiger partial charge in [0.1, 0.15) is 5.75 Å². The van der Waals surface area contributed by atoms with Crippen molar-refractivity contribution in [3.05, 3.63) is 36.4 Å². The van der Waals surface area contributed by atoms with E-state index >= 15 is 0 Å². The molecule has 0 saturated carbocycles. The van der Waals surface area contributed by atoms with Crippen LogP contribution in [0.15, 0.2) is 36.4 Å². The van der Waals surface area contributed by atoms with Crippen LogP contribution in [0.2, 0.25) is 13.1 Å². The number of aromatic hydroxyl groups is 1. The Morgan fingerprint density at radius 2 is 1.57 bits per heavy atom. The summed E-state index contributed by atoms with van der Waals surface area (Å²) >= 11 is 0. The third-order valence-corrected chi connectivity index (χ3v) is 3.87. The number of phenolic OH excluding ortho intramolecular Hbond substituents is 1. The Morgan fingerprint density at radius 3 is 2.29 bits per heavy atom. The summed E-state index contributed by atoms with van der Waals surface area (Å²) in [6.07, 6.45) is 0. The summed E-state index contributed by atoms with van der Waals surface area (Å²) < 4.78 is 0. The van der Waals surface area contributed by atoms with Crippen LogP contribution >= 0.6 is 0 Å². The zero-order chi connectivity index (χ0) is 10.1. The molecule has 14 heavy (non-hydrogen) atoms. The van der Waals surface area contributed by atoms with Crippen molar-refractivity contribution in [1.29, 1.82) is 0 Å². The lowest BCUT2D eigenvalue weighted by molar-refractivity contribution is 0.476. The van der Waals surface area contributed by atoms with Gasteiger partial charge in [-0.3, -0.25) is 0 Å². The van der Waals surface area contributed by atoms with Gasteiger partial charge in [-0.25, -0.2) is 0 Å². The molecule has 0 aliphatic carbocycles. The summed E-state index contributed by atoms with van der Waals surface area (Å²) in [5.41, 5.74) is 0. The standard InChI is InChI=1S/C12H13OSi/c1-14(2)12-6-4-9-7-11(13)5-3-10(9)8-12/h3-8,13H,1-2H3. The number of hydrogen-bond donors (Lipinski definition) is 1. The first kappa shape index (κ1) is 9.28. The molecule has 0 fully saturated rings. The van der Waals surface area contributed by atoms with Crippen molar-refractivity contribution in [2.24, 2.45) is 0 Å². The van der Waals surface area contributed by atoms with E-state index < -0.39 is 0 Å². The summed E-state index contributed by atoms with van der Waals surface area (Å²) in [5.74, 6) is 0.337. The Morgan fingerprint density at radius 1 is 0.929 bits per heavy atom. The molecule has 0 aliphatic rings. The largest absolute Gasteiger partial charge is 0.508 e. The van der Waals surface area contributed by atoms with Crippen LogP contribution in [0, 0.1) is 0 Å². The predicted octanol–water partition coefficient (Wildman–Crippen LogP) is 2.51. The molecule has 2 rings (SSSR count). The molecule has 0 heterocycles. The van der Waals surface area contributed by atoms with Gasteiger partial charge in [-0.1, -0.05) is 42.5 Å². The van der Waals surface area contributed by atoms with Gasteiger partial charge in [0.25, 0.3) is 0 Å². The van der Waals surface area contributed by atoms with Crippen LogP contribution in [0.3, 0.4) is 0 Å². The van der Waals surface area contributed by atoms with Crippen LogP contribution < -0.4 is 5.19 Å². The van der Waals surface area contributed by atoms with Crippen molar-refractivity contribution in [3.63, 3.8) is 0 Å². The van der Waals surface area contributed by atoms with Gasteiger partial charge in [0.15, 0.2) is 0 Å². The van der Waals surface area contributed by atoms with Crippen LogP contribution in [0.25, 0.3) is 10.8 Å².